The lowest BCUT2D eigenvalue weighted by Crippen LogP contribution is -2.35. The predicted octanol–water partition coefficient (Wildman–Crippen LogP) is 1.86. The Morgan fingerprint density at radius 1 is 0.917 bits per heavy atom. The molecular formula is C10H10N2. The number of allylic oxidation sites excluding steroid dienone is 2. The molecule has 2 bridgehead atoms. The fourth-order valence-corrected chi connectivity index (χ4v) is 2.35. The largest absolute Gasteiger partial charge is 0.198 e. The standard InChI is InChI=1S/C10H10N2/c11-5-9-7-1-2-8(4-3-7)10(9)6-12/h1-2,7-10H,3-4H2/t7?,8?,9-,10-/m1/s1. The molecule has 4 atom stereocenters. The van der Waals surface area contributed by atoms with Crippen LogP contribution >= 0.6 is 0 Å². The zero-order chi connectivity index (χ0) is 8.55. The third kappa shape index (κ3) is 0.850. The van der Waals surface area contributed by atoms with Crippen LogP contribution in [0.25, 0.3) is 0 Å². The summed E-state index contributed by atoms with van der Waals surface area (Å²) in [6, 6.07) is 4.53. The second-order valence-electron chi connectivity index (χ2n) is 3.60. The first-order valence-electron chi connectivity index (χ1n) is 4.34. The molecule has 0 amide bonds. The van der Waals surface area contributed by atoms with Crippen molar-refractivity contribution in [3.8, 4) is 12.1 Å². The van der Waals surface area contributed by atoms with E-state index in [1.165, 1.54) is 0 Å². The molecule has 3 aliphatic carbocycles. The first-order valence-corrected chi connectivity index (χ1v) is 4.34. The summed E-state index contributed by atoms with van der Waals surface area (Å²) in [5, 5.41) is 17.8. The van der Waals surface area contributed by atoms with E-state index in [2.05, 4.69) is 24.3 Å². The first-order chi connectivity index (χ1) is 5.86. The van der Waals surface area contributed by atoms with Gasteiger partial charge in [-0.1, -0.05) is 12.2 Å². The van der Waals surface area contributed by atoms with Crippen LogP contribution in [0.2, 0.25) is 0 Å². The summed E-state index contributed by atoms with van der Waals surface area (Å²) in [6.07, 6.45) is 6.43. The van der Waals surface area contributed by atoms with Gasteiger partial charge in [0.15, 0.2) is 0 Å². The maximum absolute atomic E-state index is 8.88. The lowest BCUT2D eigenvalue weighted by Gasteiger charge is -2.38. The first kappa shape index (κ1) is 7.37. The van der Waals surface area contributed by atoms with Crippen molar-refractivity contribution in [3.63, 3.8) is 0 Å². The van der Waals surface area contributed by atoms with E-state index in [-0.39, 0.29) is 11.8 Å². The van der Waals surface area contributed by atoms with Gasteiger partial charge in [-0.05, 0) is 24.7 Å². The van der Waals surface area contributed by atoms with Gasteiger partial charge in [0.25, 0.3) is 0 Å². The van der Waals surface area contributed by atoms with Crippen LogP contribution in [0, 0.1) is 46.3 Å². The van der Waals surface area contributed by atoms with Gasteiger partial charge >= 0.3 is 0 Å². The minimum Gasteiger partial charge on any atom is -0.198 e. The zero-order valence-corrected chi connectivity index (χ0v) is 6.77. The third-order valence-electron chi connectivity index (χ3n) is 3.05. The minimum absolute atomic E-state index is 0.0428. The molecule has 2 heteroatoms. The second kappa shape index (κ2) is 2.64. The van der Waals surface area contributed by atoms with Crippen molar-refractivity contribution in [2.24, 2.45) is 23.7 Å². The Balaban J connectivity index is 2.33. The van der Waals surface area contributed by atoms with Crippen LogP contribution in [-0.2, 0) is 0 Å². The molecule has 0 spiro atoms. The van der Waals surface area contributed by atoms with Gasteiger partial charge in [-0.25, -0.2) is 0 Å². The Hall–Kier alpha value is -1.28. The average Bonchev–Trinajstić information content (AvgIpc) is 2.18. The Morgan fingerprint density at radius 2 is 1.33 bits per heavy atom. The number of nitriles is 2. The van der Waals surface area contributed by atoms with Gasteiger partial charge in [0.2, 0.25) is 0 Å². The summed E-state index contributed by atoms with van der Waals surface area (Å²) in [7, 11) is 0. The van der Waals surface area contributed by atoms with Crippen molar-refractivity contribution in [2.45, 2.75) is 12.8 Å². The van der Waals surface area contributed by atoms with Crippen LogP contribution in [0.4, 0.5) is 0 Å². The average molecular weight is 158 g/mol. The number of hydrogen-bond acceptors (Lipinski definition) is 2. The summed E-state index contributed by atoms with van der Waals surface area (Å²) in [5.74, 6) is 0.617. The smallest absolute Gasteiger partial charge is 0.0689 e. The molecular weight excluding hydrogens is 148 g/mol. The minimum atomic E-state index is -0.0428. The van der Waals surface area contributed by atoms with Crippen molar-refractivity contribution < 1.29 is 0 Å². The molecule has 3 rings (SSSR count). The van der Waals surface area contributed by atoms with Crippen molar-refractivity contribution in [1.29, 1.82) is 10.5 Å². The van der Waals surface area contributed by atoms with E-state index < -0.39 is 0 Å². The number of nitrogens with zero attached hydrogens (tertiary/aromatic N) is 2. The lowest BCUT2D eigenvalue weighted by atomic mass is 9.63. The molecule has 60 valence electrons. The number of hydrogen-bond donors (Lipinski definition) is 0. The Morgan fingerprint density at radius 3 is 1.58 bits per heavy atom. The van der Waals surface area contributed by atoms with E-state index in [9.17, 15) is 0 Å². The number of rotatable bonds is 0. The molecule has 0 aliphatic heterocycles. The normalized spacial score (nSPS) is 43.5. The third-order valence-corrected chi connectivity index (χ3v) is 3.05. The molecule has 12 heavy (non-hydrogen) atoms. The van der Waals surface area contributed by atoms with Gasteiger partial charge in [-0.2, -0.15) is 10.5 Å². The molecule has 0 aromatic heterocycles. The van der Waals surface area contributed by atoms with Gasteiger partial charge in [-0.15, -0.1) is 0 Å². The van der Waals surface area contributed by atoms with Gasteiger partial charge < -0.3 is 0 Å². The molecule has 2 nitrogen and oxygen atoms in total. The Labute approximate surface area is 72.1 Å². The molecule has 2 unspecified atom stereocenters. The monoisotopic (exact) mass is 158 g/mol. The highest BCUT2D eigenvalue weighted by molar-refractivity contribution is 5.18. The predicted molar refractivity (Wildman–Crippen MR) is 43.6 cm³/mol. The Bertz CT molecular complexity index is 262. The highest BCUT2D eigenvalue weighted by Gasteiger charge is 2.40. The summed E-state index contributed by atoms with van der Waals surface area (Å²) < 4.78 is 0. The molecule has 0 N–H and O–H groups in total. The van der Waals surface area contributed by atoms with Crippen LogP contribution < -0.4 is 0 Å². The highest BCUT2D eigenvalue weighted by Crippen LogP contribution is 2.43. The van der Waals surface area contributed by atoms with Crippen molar-refractivity contribution in [1.82, 2.24) is 0 Å². The van der Waals surface area contributed by atoms with E-state index in [1.54, 1.807) is 0 Å². The maximum Gasteiger partial charge on any atom is 0.0689 e. The lowest BCUT2D eigenvalue weighted by molar-refractivity contribution is 0.209. The van der Waals surface area contributed by atoms with Gasteiger partial charge in [0, 0.05) is 0 Å². The van der Waals surface area contributed by atoms with Gasteiger partial charge in [-0.3, -0.25) is 0 Å². The molecule has 1 saturated carbocycles. The highest BCUT2D eigenvalue weighted by atomic mass is 14.5. The van der Waals surface area contributed by atoms with E-state index in [1.807, 2.05) is 0 Å². The van der Waals surface area contributed by atoms with Crippen LogP contribution in [0.15, 0.2) is 12.2 Å². The summed E-state index contributed by atoms with van der Waals surface area (Å²) >= 11 is 0. The quantitative estimate of drug-likeness (QED) is 0.505. The molecule has 0 aromatic carbocycles. The summed E-state index contributed by atoms with van der Waals surface area (Å²) in [5.41, 5.74) is 0. The van der Waals surface area contributed by atoms with Crippen LogP contribution in [0.5, 0.6) is 0 Å². The summed E-state index contributed by atoms with van der Waals surface area (Å²) in [4.78, 5) is 0. The van der Waals surface area contributed by atoms with E-state index in [0.29, 0.717) is 11.8 Å². The van der Waals surface area contributed by atoms with Crippen LogP contribution in [0.3, 0.4) is 0 Å². The zero-order valence-electron chi connectivity index (χ0n) is 6.77. The van der Waals surface area contributed by atoms with Crippen LogP contribution in [0.1, 0.15) is 12.8 Å². The fraction of sp³-hybridized carbons (Fsp3) is 0.600. The topological polar surface area (TPSA) is 47.6 Å². The molecule has 0 heterocycles. The van der Waals surface area contributed by atoms with Crippen molar-refractivity contribution >= 4 is 0 Å². The molecule has 3 aliphatic rings. The van der Waals surface area contributed by atoms with E-state index in [4.69, 9.17) is 10.5 Å². The number of fused-ring (bicyclic) bond motifs is 2. The molecule has 1 fully saturated rings. The van der Waals surface area contributed by atoms with Gasteiger partial charge in [0.1, 0.15) is 0 Å². The maximum atomic E-state index is 8.88. The fourth-order valence-electron chi connectivity index (χ4n) is 2.35. The summed E-state index contributed by atoms with van der Waals surface area (Å²) in [6.45, 7) is 0. The second-order valence-corrected chi connectivity index (χ2v) is 3.60. The van der Waals surface area contributed by atoms with Crippen molar-refractivity contribution in [3.05, 3.63) is 12.2 Å². The van der Waals surface area contributed by atoms with Gasteiger partial charge in [0.05, 0.1) is 24.0 Å². The van der Waals surface area contributed by atoms with Crippen LogP contribution in [-0.4, -0.2) is 0 Å². The Kier molecular flexibility index (Phi) is 1.62. The van der Waals surface area contributed by atoms with E-state index in [0.717, 1.165) is 12.8 Å². The molecule has 0 saturated heterocycles. The SMILES string of the molecule is N#C[C@@H]1C2C=CC(CC2)[C@H]1C#N. The molecule has 0 aromatic rings. The van der Waals surface area contributed by atoms with E-state index >= 15 is 0 Å². The molecule has 0 radical (unpaired) electrons. The van der Waals surface area contributed by atoms with Crippen molar-refractivity contribution in [2.75, 3.05) is 0 Å².